The van der Waals surface area contributed by atoms with Crippen LogP contribution >= 0.6 is 23.2 Å². The smallest absolute Gasteiger partial charge is 0.475 e. The number of nitrogens with two attached hydrogens (primary N) is 1. The Hall–Kier alpha value is -4.42. The zero-order valence-electron chi connectivity index (χ0n) is 28.7. The maximum absolute atomic E-state index is 14.8. The minimum absolute atomic E-state index is 0.0336. The first-order chi connectivity index (χ1) is 24.9. The lowest BCUT2D eigenvalue weighted by Crippen LogP contribution is -2.58. The second kappa shape index (κ2) is 18.1. The Morgan fingerprint density at radius 1 is 1.00 bits per heavy atom. The van der Waals surface area contributed by atoms with Gasteiger partial charge in [0, 0.05) is 39.9 Å². The summed E-state index contributed by atoms with van der Waals surface area (Å²) in [5, 5.41) is 13.4. The molecule has 13 nitrogen and oxygen atoms in total. The molecule has 0 saturated carbocycles. The minimum Gasteiger partial charge on any atom is -0.475 e. The monoisotopic (exact) mass is 803 g/mol. The Balaban J connectivity index is 0.000000980. The van der Waals surface area contributed by atoms with Gasteiger partial charge in [0.15, 0.2) is 5.54 Å². The number of carbonyl (C=O) groups is 4. The number of carbonyl (C=O) groups excluding carboxylic acids is 3. The molecule has 0 spiro atoms. The van der Waals surface area contributed by atoms with E-state index in [1.165, 1.54) is 49.6 Å². The zero-order chi connectivity index (χ0) is 39.7. The Bertz CT molecular complexity index is 1910. The number of alkyl halides is 3. The highest BCUT2D eigenvalue weighted by atomic mass is 35.5. The topological polar surface area (TPSA) is 188 Å². The third kappa shape index (κ3) is 9.58. The number of amides is 3. The van der Waals surface area contributed by atoms with Crippen molar-refractivity contribution in [3.05, 3.63) is 87.9 Å². The van der Waals surface area contributed by atoms with Gasteiger partial charge >= 0.3 is 24.1 Å². The van der Waals surface area contributed by atoms with Gasteiger partial charge in [-0.2, -0.15) is 13.2 Å². The van der Waals surface area contributed by atoms with E-state index in [4.69, 9.17) is 43.6 Å². The molecule has 1 heterocycles. The number of ether oxygens (including phenoxy) is 1. The zero-order valence-corrected chi connectivity index (χ0v) is 31.1. The van der Waals surface area contributed by atoms with E-state index in [9.17, 15) is 36.0 Å². The quantitative estimate of drug-likeness (QED) is 0.123. The number of sulfonamides is 1. The van der Waals surface area contributed by atoms with E-state index in [2.05, 4.69) is 10.6 Å². The first-order valence-electron chi connectivity index (χ1n) is 16.1. The van der Waals surface area contributed by atoms with Crippen LogP contribution in [-0.4, -0.2) is 81.3 Å². The second-order valence-electron chi connectivity index (χ2n) is 11.4. The Labute approximate surface area is 314 Å². The van der Waals surface area contributed by atoms with Crippen LogP contribution in [0, 0.1) is 0 Å². The van der Waals surface area contributed by atoms with Crippen LogP contribution in [0.1, 0.15) is 44.2 Å². The highest BCUT2D eigenvalue weighted by molar-refractivity contribution is 7.93. The van der Waals surface area contributed by atoms with Crippen LogP contribution in [0.4, 0.5) is 29.3 Å². The summed E-state index contributed by atoms with van der Waals surface area (Å²) in [5.41, 5.74) is 4.56. The number of anilines is 2. The van der Waals surface area contributed by atoms with Gasteiger partial charge in [-0.3, -0.25) is 14.9 Å². The van der Waals surface area contributed by atoms with Crippen molar-refractivity contribution in [3.8, 4) is 0 Å². The molecule has 0 aliphatic carbocycles. The summed E-state index contributed by atoms with van der Waals surface area (Å²) in [5.74, 6) is -4.32. The lowest BCUT2D eigenvalue weighted by molar-refractivity contribution is -0.192. The van der Waals surface area contributed by atoms with Gasteiger partial charge in [-0.1, -0.05) is 47.8 Å². The second-order valence-corrected chi connectivity index (χ2v) is 14.0. The summed E-state index contributed by atoms with van der Waals surface area (Å²) in [6, 6.07) is 15.0. The standard InChI is InChI=1S/C32H37Cl2N5O6S.C2HF3O2/c1-4-38(5-2)31(42)36-22-14-16-23(17-15-22)46(43,44)39-28-18-13-21(33)20-25(28)32(30(39)41,24-10-6-7-11-26(24)34)37-27(29(40)45-3)12-8-9-19-35;3-2(4,5)1(6)7/h6-7,10-11,13-18,20,27,37H,4-5,8-9,12,19,35H2,1-3H3,(H,36,42);(H,6,7)/t27-,32?;/m0./s1. The van der Waals surface area contributed by atoms with Gasteiger partial charge in [0.05, 0.1) is 17.7 Å². The van der Waals surface area contributed by atoms with Crippen LogP contribution in [0.2, 0.25) is 10.0 Å². The predicted octanol–water partition coefficient (Wildman–Crippen LogP) is 5.74. The molecule has 0 aromatic heterocycles. The third-order valence-corrected chi connectivity index (χ3v) is 10.4. The summed E-state index contributed by atoms with van der Waals surface area (Å²) in [6.07, 6.45) is -3.71. The molecule has 19 heteroatoms. The number of nitrogens with zero attached hydrogens (tertiary/aromatic N) is 2. The highest BCUT2D eigenvalue weighted by Crippen LogP contribution is 2.49. The molecule has 1 aliphatic heterocycles. The summed E-state index contributed by atoms with van der Waals surface area (Å²) in [6.45, 7) is 5.09. The van der Waals surface area contributed by atoms with Crippen molar-refractivity contribution in [2.75, 3.05) is 36.4 Å². The van der Waals surface area contributed by atoms with Crippen molar-refractivity contribution in [1.82, 2.24) is 10.2 Å². The molecule has 1 aliphatic rings. The van der Waals surface area contributed by atoms with E-state index >= 15 is 0 Å². The number of rotatable bonds is 13. The number of methoxy groups -OCH3 is 1. The van der Waals surface area contributed by atoms with Crippen molar-refractivity contribution in [1.29, 1.82) is 0 Å². The van der Waals surface area contributed by atoms with Gasteiger partial charge in [0.2, 0.25) is 0 Å². The van der Waals surface area contributed by atoms with Crippen LogP contribution in [0.5, 0.6) is 0 Å². The fourth-order valence-corrected chi connectivity index (χ4v) is 7.43. The third-order valence-electron chi connectivity index (χ3n) is 8.12. The summed E-state index contributed by atoms with van der Waals surface area (Å²) in [7, 11) is -3.33. The molecule has 1 unspecified atom stereocenters. The number of nitrogens with one attached hydrogen (secondary N) is 2. The van der Waals surface area contributed by atoms with Gasteiger partial charge in [-0.25, -0.2) is 22.3 Å². The number of hydrogen-bond donors (Lipinski definition) is 4. The maximum Gasteiger partial charge on any atom is 0.490 e. The number of esters is 1. The number of benzene rings is 3. The summed E-state index contributed by atoms with van der Waals surface area (Å²) in [4.78, 5) is 50.7. The number of carboxylic acid groups (broad SMARTS) is 1. The number of urea groups is 1. The van der Waals surface area contributed by atoms with Crippen molar-refractivity contribution in [3.63, 3.8) is 0 Å². The molecule has 3 amide bonds. The number of unbranched alkanes of at least 4 members (excludes halogenated alkanes) is 1. The van der Waals surface area contributed by atoms with E-state index in [1.54, 1.807) is 29.2 Å². The van der Waals surface area contributed by atoms with E-state index in [0.29, 0.717) is 42.5 Å². The molecule has 3 aromatic carbocycles. The van der Waals surface area contributed by atoms with Crippen LogP contribution in [0.25, 0.3) is 0 Å². The number of fused-ring (bicyclic) bond motifs is 1. The molecular formula is C34H38Cl2F3N5O8S. The molecule has 0 fully saturated rings. The van der Waals surface area contributed by atoms with E-state index in [1.807, 2.05) is 13.8 Å². The molecule has 0 bridgehead atoms. The predicted molar refractivity (Wildman–Crippen MR) is 192 cm³/mol. The van der Waals surface area contributed by atoms with Crippen molar-refractivity contribution in [2.45, 2.75) is 55.8 Å². The molecule has 5 N–H and O–H groups in total. The highest BCUT2D eigenvalue weighted by Gasteiger charge is 2.58. The average molecular weight is 805 g/mol. The Morgan fingerprint density at radius 2 is 1.60 bits per heavy atom. The van der Waals surface area contributed by atoms with Gasteiger partial charge in [-0.15, -0.1) is 0 Å². The molecule has 4 rings (SSSR count). The Morgan fingerprint density at radius 3 is 2.13 bits per heavy atom. The molecule has 2 atom stereocenters. The molecule has 0 radical (unpaired) electrons. The first kappa shape index (κ1) is 43.0. The molecular weight excluding hydrogens is 766 g/mol. The van der Waals surface area contributed by atoms with Crippen LogP contribution < -0.4 is 20.7 Å². The number of aliphatic carboxylic acids is 1. The summed E-state index contributed by atoms with van der Waals surface area (Å²) < 4.78 is 66.2. The largest absolute Gasteiger partial charge is 0.490 e. The number of hydrogen-bond acceptors (Lipinski definition) is 9. The molecule has 0 saturated heterocycles. The summed E-state index contributed by atoms with van der Waals surface area (Å²) >= 11 is 13.2. The maximum atomic E-state index is 14.8. The van der Waals surface area contributed by atoms with E-state index < -0.39 is 45.6 Å². The first-order valence-corrected chi connectivity index (χ1v) is 18.3. The fraction of sp³-hybridized carbons (Fsp3) is 0.353. The van der Waals surface area contributed by atoms with Gasteiger partial charge in [-0.05, 0) is 81.8 Å². The molecule has 288 valence electrons. The molecule has 3 aromatic rings. The van der Waals surface area contributed by atoms with E-state index in [-0.39, 0.29) is 44.2 Å². The Kier molecular flexibility index (Phi) is 14.7. The minimum atomic E-state index is -5.08. The SMILES string of the molecule is CCN(CC)C(=O)Nc1ccc(S(=O)(=O)N2C(=O)C(N[C@@H](CCCCN)C(=O)OC)(c3ccccc3Cl)c3cc(Cl)ccc32)cc1.O=C(O)C(F)(F)F. The lowest BCUT2D eigenvalue weighted by atomic mass is 9.82. The van der Waals surface area contributed by atoms with Crippen LogP contribution in [-0.2, 0) is 34.7 Å². The van der Waals surface area contributed by atoms with Gasteiger partial charge < -0.3 is 25.8 Å². The number of carboxylic acids is 1. The fourth-order valence-electron chi connectivity index (χ4n) is 5.52. The average Bonchev–Trinajstić information content (AvgIpc) is 3.35. The van der Waals surface area contributed by atoms with E-state index in [0.717, 1.165) is 0 Å². The van der Waals surface area contributed by atoms with Gasteiger partial charge in [0.25, 0.3) is 15.9 Å². The lowest BCUT2D eigenvalue weighted by Gasteiger charge is -2.34. The normalized spacial score (nSPS) is 15.9. The van der Waals surface area contributed by atoms with Crippen LogP contribution in [0.15, 0.2) is 71.6 Å². The molecule has 53 heavy (non-hydrogen) atoms. The number of halogens is 5. The van der Waals surface area contributed by atoms with Crippen LogP contribution in [0.3, 0.4) is 0 Å². The van der Waals surface area contributed by atoms with Crippen molar-refractivity contribution >= 4 is 68.5 Å². The van der Waals surface area contributed by atoms with Crippen molar-refractivity contribution in [2.24, 2.45) is 5.73 Å². The van der Waals surface area contributed by atoms with Crippen molar-refractivity contribution < 1.29 is 50.6 Å². The van der Waals surface area contributed by atoms with Gasteiger partial charge in [0.1, 0.15) is 6.04 Å².